The molecular formula is C23H31FN4O. The van der Waals surface area contributed by atoms with Crippen LogP contribution in [0.25, 0.3) is 0 Å². The molecule has 2 aliphatic heterocycles. The molecule has 2 saturated heterocycles. The van der Waals surface area contributed by atoms with E-state index in [-0.39, 0.29) is 30.5 Å². The summed E-state index contributed by atoms with van der Waals surface area (Å²) < 4.78 is 14.8. The molecule has 0 radical (unpaired) electrons. The summed E-state index contributed by atoms with van der Waals surface area (Å²) >= 11 is 0. The molecule has 2 bridgehead atoms. The summed E-state index contributed by atoms with van der Waals surface area (Å²) in [6.07, 6.45) is 4.90. The average Bonchev–Trinajstić information content (AvgIpc) is 3.28. The Balaban J connectivity index is 1.37. The van der Waals surface area contributed by atoms with E-state index in [1.807, 2.05) is 6.07 Å². The lowest BCUT2D eigenvalue weighted by atomic mass is 9.88. The molecule has 156 valence electrons. The van der Waals surface area contributed by atoms with Gasteiger partial charge in [-0.25, -0.2) is 4.39 Å². The molecule has 1 aromatic carbocycles. The van der Waals surface area contributed by atoms with Crippen molar-refractivity contribution in [2.24, 2.45) is 11.8 Å². The normalized spacial score (nSPS) is 28.2. The zero-order valence-corrected chi connectivity index (χ0v) is 17.2. The number of nitrogens with one attached hydrogen (secondary N) is 1. The molecule has 29 heavy (non-hydrogen) atoms. The summed E-state index contributed by atoms with van der Waals surface area (Å²) in [6.45, 7) is 3.85. The summed E-state index contributed by atoms with van der Waals surface area (Å²) in [5.41, 5.74) is 1.43. The molecule has 4 atom stereocenters. The van der Waals surface area contributed by atoms with Crippen molar-refractivity contribution in [3.05, 3.63) is 29.6 Å². The van der Waals surface area contributed by atoms with Crippen LogP contribution < -0.4 is 10.2 Å². The monoisotopic (exact) mass is 398 g/mol. The number of anilines is 1. The first-order valence-corrected chi connectivity index (χ1v) is 10.9. The number of carbonyl (C=O) groups excluding carboxylic acids is 1. The molecule has 0 spiro atoms. The van der Waals surface area contributed by atoms with Crippen LogP contribution in [-0.4, -0.2) is 56.0 Å². The van der Waals surface area contributed by atoms with Gasteiger partial charge in [0.25, 0.3) is 0 Å². The van der Waals surface area contributed by atoms with Gasteiger partial charge in [-0.3, -0.25) is 4.79 Å². The van der Waals surface area contributed by atoms with Crippen molar-refractivity contribution in [2.45, 2.75) is 50.6 Å². The largest absolute Gasteiger partial charge is 0.370 e. The molecule has 5 nitrogen and oxygen atoms in total. The van der Waals surface area contributed by atoms with Crippen LogP contribution in [0.15, 0.2) is 18.2 Å². The summed E-state index contributed by atoms with van der Waals surface area (Å²) in [6, 6.07) is 7.95. The highest BCUT2D eigenvalue weighted by molar-refractivity contribution is 5.85. The van der Waals surface area contributed by atoms with E-state index >= 15 is 0 Å². The first kappa shape index (κ1) is 20.3. The molecule has 6 heteroatoms. The van der Waals surface area contributed by atoms with Crippen LogP contribution in [0.5, 0.6) is 0 Å². The maximum atomic E-state index is 14.8. The zero-order valence-electron chi connectivity index (χ0n) is 17.2. The predicted molar refractivity (Wildman–Crippen MR) is 111 cm³/mol. The maximum absolute atomic E-state index is 14.8. The first-order chi connectivity index (χ1) is 14.0. The molecule has 1 saturated carbocycles. The number of nitrogens with zero attached hydrogens (tertiary/aromatic N) is 3. The van der Waals surface area contributed by atoms with Crippen LogP contribution >= 0.6 is 0 Å². The van der Waals surface area contributed by atoms with Gasteiger partial charge < -0.3 is 15.1 Å². The lowest BCUT2D eigenvalue weighted by Gasteiger charge is -2.24. The molecule has 0 unspecified atom stereocenters. The Morgan fingerprint density at radius 3 is 2.86 bits per heavy atom. The van der Waals surface area contributed by atoms with Gasteiger partial charge in [0, 0.05) is 37.8 Å². The maximum Gasteiger partial charge on any atom is 0.151 e. The Labute approximate surface area is 172 Å². The predicted octanol–water partition coefficient (Wildman–Crippen LogP) is 2.75. The van der Waals surface area contributed by atoms with Crippen LogP contribution in [0.3, 0.4) is 0 Å². The summed E-state index contributed by atoms with van der Waals surface area (Å²) in [4.78, 5) is 17.2. The van der Waals surface area contributed by atoms with Crippen molar-refractivity contribution in [2.75, 3.05) is 38.1 Å². The number of halogens is 1. The average molecular weight is 399 g/mol. The number of benzene rings is 1. The number of hydrogen-bond donors (Lipinski definition) is 1. The van der Waals surface area contributed by atoms with Crippen LogP contribution in [0.1, 0.15) is 37.7 Å². The van der Waals surface area contributed by atoms with E-state index < -0.39 is 5.92 Å². The number of carbonyl (C=O) groups is 1. The second-order valence-corrected chi connectivity index (χ2v) is 9.03. The third-order valence-electron chi connectivity index (χ3n) is 6.92. The van der Waals surface area contributed by atoms with Gasteiger partial charge in [-0.2, -0.15) is 5.26 Å². The second-order valence-electron chi connectivity index (χ2n) is 9.03. The van der Waals surface area contributed by atoms with Crippen molar-refractivity contribution < 1.29 is 9.18 Å². The number of ketones is 1. The van der Waals surface area contributed by atoms with Crippen LogP contribution in [0.2, 0.25) is 0 Å². The topological polar surface area (TPSA) is 59.4 Å². The Bertz CT molecular complexity index is 792. The first-order valence-electron chi connectivity index (χ1n) is 10.9. The van der Waals surface area contributed by atoms with Crippen LogP contribution in [0, 0.1) is 29.0 Å². The van der Waals surface area contributed by atoms with Crippen LogP contribution in [0.4, 0.5) is 10.1 Å². The number of piperidine rings is 1. The number of nitriles is 1. The minimum Gasteiger partial charge on any atom is -0.370 e. The SMILES string of the molecule is CN1CCCN(c2ccc(C[C@@H](C#N)CC(=O)[C@H]3N[C@@H]4CC[C@H]3C4)c(F)c2)CC1. The molecule has 2 heterocycles. The highest BCUT2D eigenvalue weighted by Crippen LogP contribution is 2.36. The van der Waals surface area contributed by atoms with Gasteiger partial charge in [-0.05, 0) is 69.3 Å². The molecule has 1 N–H and O–H groups in total. The van der Waals surface area contributed by atoms with E-state index in [0.29, 0.717) is 17.5 Å². The van der Waals surface area contributed by atoms with Gasteiger partial charge in [0.2, 0.25) is 0 Å². The van der Waals surface area contributed by atoms with Crippen molar-refractivity contribution in [1.29, 1.82) is 5.26 Å². The van der Waals surface area contributed by atoms with Crippen molar-refractivity contribution in [3.63, 3.8) is 0 Å². The number of hydrogen-bond acceptors (Lipinski definition) is 5. The standard InChI is InChI=1S/C23H31FN4O/c1-27-7-2-8-28(10-9-27)20-6-4-17(21(24)14-20)11-16(15-25)12-22(29)23-18-3-5-19(13-18)26-23/h4,6,14,16,18-19,23,26H,2-3,5,7-13H2,1H3/t16-,18+,19-,23+/m1/s1. The lowest BCUT2D eigenvalue weighted by Crippen LogP contribution is -2.42. The minimum absolute atomic E-state index is 0.0991. The Morgan fingerprint density at radius 1 is 1.31 bits per heavy atom. The Morgan fingerprint density at radius 2 is 2.17 bits per heavy atom. The molecule has 0 aromatic heterocycles. The molecule has 0 amide bonds. The number of fused-ring (bicyclic) bond motifs is 2. The quantitative estimate of drug-likeness (QED) is 0.799. The molecular weight excluding hydrogens is 367 g/mol. The van der Waals surface area contributed by atoms with E-state index in [0.717, 1.165) is 57.5 Å². The van der Waals surface area contributed by atoms with Crippen molar-refractivity contribution in [3.8, 4) is 6.07 Å². The van der Waals surface area contributed by atoms with Gasteiger partial charge >= 0.3 is 0 Å². The fourth-order valence-electron chi connectivity index (χ4n) is 5.22. The van der Waals surface area contributed by atoms with E-state index in [2.05, 4.69) is 28.2 Å². The molecule has 1 aliphatic carbocycles. The fourth-order valence-corrected chi connectivity index (χ4v) is 5.22. The van der Waals surface area contributed by atoms with E-state index in [1.54, 1.807) is 12.1 Å². The molecule has 4 rings (SSSR count). The van der Waals surface area contributed by atoms with E-state index in [9.17, 15) is 14.4 Å². The minimum atomic E-state index is -0.476. The van der Waals surface area contributed by atoms with E-state index in [4.69, 9.17) is 0 Å². The molecule has 3 aliphatic rings. The Kier molecular flexibility index (Phi) is 6.17. The smallest absolute Gasteiger partial charge is 0.151 e. The van der Waals surface area contributed by atoms with Crippen LogP contribution in [-0.2, 0) is 11.2 Å². The van der Waals surface area contributed by atoms with Gasteiger partial charge in [-0.1, -0.05) is 6.07 Å². The molecule has 3 fully saturated rings. The van der Waals surface area contributed by atoms with Gasteiger partial charge in [-0.15, -0.1) is 0 Å². The Hall–Kier alpha value is -1.97. The highest BCUT2D eigenvalue weighted by Gasteiger charge is 2.42. The van der Waals surface area contributed by atoms with Crippen molar-refractivity contribution in [1.82, 2.24) is 10.2 Å². The zero-order chi connectivity index (χ0) is 20.4. The van der Waals surface area contributed by atoms with Gasteiger partial charge in [0.15, 0.2) is 5.78 Å². The van der Waals surface area contributed by atoms with E-state index in [1.165, 1.54) is 0 Å². The number of Topliss-reactive ketones (excluding diaryl/α,β-unsaturated/α-hetero) is 1. The number of likely N-dealkylation sites (N-methyl/N-ethyl adjacent to an activating group) is 1. The summed E-state index contributed by atoms with van der Waals surface area (Å²) in [5.74, 6) is -0.202. The summed E-state index contributed by atoms with van der Waals surface area (Å²) in [5, 5.41) is 13.0. The van der Waals surface area contributed by atoms with Gasteiger partial charge in [0.05, 0.1) is 18.0 Å². The van der Waals surface area contributed by atoms with Gasteiger partial charge in [0.1, 0.15) is 5.82 Å². The van der Waals surface area contributed by atoms with Crippen molar-refractivity contribution >= 4 is 11.5 Å². The third-order valence-corrected chi connectivity index (χ3v) is 6.92. The second kappa shape index (κ2) is 8.81. The summed E-state index contributed by atoms with van der Waals surface area (Å²) in [7, 11) is 2.11. The highest BCUT2D eigenvalue weighted by atomic mass is 19.1. The number of rotatable bonds is 6. The third kappa shape index (κ3) is 4.62. The molecule has 1 aromatic rings. The fraction of sp³-hybridized carbons (Fsp3) is 0.652. The lowest BCUT2D eigenvalue weighted by molar-refractivity contribution is -0.122.